The van der Waals surface area contributed by atoms with Crippen LogP contribution in [0.5, 0.6) is 5.75 Å². The van der Waals surface area contributed by atoms with Crippen molar-refractivity contribution in [2.24, 2.45) is 0 Å². The van der Waals surface area contributed by atoms with Gasteiger partial charge >= 0.3 is 0 Å². The molecule has 6 heteroatoms. The average molecular weight is 261 g/mol. The van der Waals surface area contributed by atoms with E-state index in [1.54, 1.807) is 18.0 Å². The first-order chi connectivity index (χ1) is 9.17. The molecule has 0 saturated heterocycles. The Kier molecular flexibility index (Phi) is 3.97. The fourth-order valence-electron chi connectivity index (χ4n) is 1.94. The predicted octanol–water partition coefficient (Wildman–Crippen LogP) is 0.709. The Morgan fingerprint density at radius 2 is 2.42 bits per heavy atom. The van der Waals surface area contributed by atoms with Crippen molar-refractivity contribution in [2.75, 3.05) is 20.3 Å². The number of hydrogen-bond donors (Lipinski definition) is 0. The molecule has 0 aromatic carbocycles. The van der Waals surface area contributed by atoms with E-state index >= 15 is 0 Å². The van der Waals surface area contributed by atoms with Crippen molar-refractivity contribution in [1.29, 1.82) is 5.26 Å². The number of carbonyl (C=O) groups is 1. The Bertz CT molecular complexity index is 524. The van der Waals surface area contributed by atoms with E-state index in [2.05, 4.69) is 4.98 Å². The van der Waals surface area contributed by atoms with Gasteiger partial charge in [-0.2, -0.15) is 5.26 Å². The van der Waals surface area contributed by atoms with Crippen LogP contribution in [0, 0.1) is 11.3 Å². The van der Waals surface area contributed by atoms with Gasteiger partial charge in [-0.05, 0) is 6.92 Å². The highest BCUT2D eigenvalue weighted by molar-refractivity contribution is 5.80. The second kappa shape index (κ2) is 5.67. The van der Waals surface area contributed by atoms with E-state index in [0.29, 0.717) is 31.0 Å². The molecule has 0 N–H and O–H groups in total. The summed E-state index contributed by atoms with van der Waals surface area (Å²) in [4.78, 5) is 17.8. The van der Waals surface area contributed by atoms with E-state index in [4.69, 9.17) is 14.7 Å². The van der Waals surface area contributed by atoms with Crippen molar-refractivity contribution in [2.45, 2.75) is 19.6 Å². The number of nitriles is 1. The molecule has 1 aliphatic rings. The van der Waals surface area contributed by atoms with Crippen LogP contribution in [0.15, 0.2) is 12.4 Å². The van der Waals surface area contributed by atoms with Gasteiger partial charge in [-0.25, -0.2) is 0 Å². The molecule has 1 amide bonds. The molecule has 0 fully saturated rings. The SMILES string of the molecule is COC(C)C(=O)N1CCOc2c(C#N)cncc2C1. The van der Waals surface area contributed by atoms with E-state index < -0.39 is 6.10 Å². The zero-order valence-corrected chi connectivity index (χ0v) is 10.9. The molecule has 1 atom stereocenters. The van der Waals surface area contributed by atoms with Gasteiger partial charge in [0.2, 0.25) is 0 Å². The Labute approximate surface area is 111 Å². The van der Waals surface area contributed by atoms with Crippen molar-refractivity contribution in [3.63, 3.8) is 0 Å². The van der Waals surface area contributed by atoms with E-state index in [1.807, 2.05) is 6.07 Å². The molecule has 2 rings (SSSR count). The molecule has 100 valence electrons. The zero-order chi connectivity index (χ0) is 13.8. The molecule has 19 heavy (non-hydrogen) atoms. The highest BCUT2D eigenvalue weighted by Crippen LogP contribution is 2.26. The van der Waals surface area contributed by atoms with Gasteiger partial charge in [0.25, 0.3) is 5.91 Å². The fraction of sp³-hybridized carbons (Fsp3) is 0.462. The van der Waals surface area contributed by atoms with Gasteiger partial charge in [0, 0.05) is 25.1 Å². The summed E-state index contributed by atoms with van der Waals surface area (Å²) >= 11 is 0. The predicted molar refractivity (Wildman–Crippen MR) is 66.3 cm³/mol. The number of aromatic nitrogens is 1. The van der Waals surface area contributed by atoms with Crippen molar-refractivity contribution < 1.29 is 14.3 Å². The quantitative estimate of drug-likeness (QED) is 0.783. The first-order valence-corrected chi connectivity index (χ1v) is 5.98. The molecule has 0 bridgehead atoms. The fourth-order valence-corrected chi connectivity index (χ4v) is 1.94. The van der Waals surface area contributed by atoms with Crippen LogP contribution in [0.2, 0.25) is 0 Å². The first kappa shape index (κ1) is 13.3. The van der Waals surface area contributed by atoms with Crippen LogP contribution >= 0.6 is 0 Å². The number of amides is 1. The lowest BCUT2D eigenvalue weighted by Crippen LogP contribution is -2.39. The summed E-state index contributed by atoms with van der Waals surface area (Å²) in [6, 6.07) is 2.05. The topological polar surface area (TPSA) is 75.4 Å². The Balaban J connectivity index is 2.27. The minimum Gasteiger partial charge on any atom is -0.490 e. The van der Waals surface area contributed by atoms with Crippen molar-refractivity contribution in [3.8, 4) is 11.8 Å². The molecular weight excluding hydrogens is 246 g/mol. The summed E-state index contributed by atoms with van der Waals surface area (Å²) in [6.07, 6.45) is 2.60. The second-order valence-electron chi connectivity index (χ2n) is 4.27. The van der Waals surface area contributed by atoms with Crippen LogP contribution in [0.4, 0.5) is 0 Å². The molecule has 6 nitrogen and oxygen atoms in total. The van der Waals surface area contributed by atoms with Gasteiger partial charge < -0.3 is 14.4 Å². The minimum atomic E-state index is -0.492. The van der Waals surface area contributed by atoms with Crippen LogP contribution < -0.4 is 4.74 Å². The first-order valence-electron chi connectivity index (χ1n) is 5.98. The van der Waals surface area contributed by atoms with Crippen LogP contribution in [0.3, 0.4) is 0 Å². The average Bonchev–Trinajstić information content (AvgIpc) is 2.67. The molecule has 0 radical (unpaired) electrons. The van der Waals surface area contributed by atoms with Crippen LogP contribution in [-0.2, 0) is 16.1 Å². The van der Waals surface area contributed by atoms with E-state index in [0.717, 1.165) is 5.56 Å². The van der Waals surface area contributed by atoms with Crippen LogP contribution in [-0.4, -0.2) is 42.2 Å². The highest BCUT2D eigenvalue weighted by Gasteiger charge is 2.25. The molecule has 2 heterocycles. The number of carbonyl (C=O) groups excluding carboxylic acids is 1. The summed E-state index contributed by atoms with van der Waals surface area (Å²) in [7, 11) is 1.50. The summed E-state index contributed by atoms with van der Waals surface area (Å²) in [5.41, 5.74) is 1.14. The van der Waals surface area contributed by atoms with E-state index in [-0.39, 0.29) is 5.91 Å². The number of methoxy groups -OCH3 is 1. The maximum absolute atomic E-state index is 12.1. The number of hydrogen-bond acceptors (Lipinski definition) is 5. The number of ether oxygens (including phenoxy) is 2. The Morgan fingerprint density at radius 3 is 3.11 bits per heavy atom. The monoisotopic (exact) mass is 261 g/mol. The maximum atomic E-state index is 12.1. The smallest absolute Gasteiger partial charge is 0.251 e. The van der Waals surface area contributed by atoms with Crippen LogP contribution in [0.25, 0.3) is 0 Å². The Hall–Kier alpha value is -2.13. The lowest BCUT2D eigenvalue weighted by molar-refractivity contribution is -0.141. The summed E-state index contributed by atoms with van der Waals surface area (Å²) < 4.78 is 10.6. The Morgan fingerprint density at radius 1 is 1.63 bits per heavy atom. The van der Waals surface area contributed by atoms with Crippen molar-refractivity contribution in [1.82, 2.24) is 9.88 Å². The molecule has 1 unspecified atom stereocenters. The lowest BCUT2D eigenvalue weighted by atomic mass is 10.1. The number of rotatable bonds is 2. The van der Waals surface area contributed by atoms with Gasteiger partial charge in [0.15, 0.2) is 0 Å². The minimum absolute atomic E-state index is 0.0960. The normalized spacial score (nSPS) is 15.7. The van der Waals surface area contributed by atoms with Gasteiger partial charge in [-0.3, -0.25) is 9.78 Å². The molecule has 0 spiro atoms. The molecule has 1 aromatic heterocycles. The standard InChI is InChI=1S/C13H15N3O3/c1-9(18-2)13(17)16-3-4-19-12-10(5-14)6-15-7-11(12)8-16/h6-7,9H,3-4,8H2,1-2H3. The van der Waals surface area contributed by atoms with E-state index in [1.165, 1.54) is 13.3 Å². The molecule has 1 aliphatic heterocycles. The number of fused-ring (bicyclic) bond motifs is 1. The van der Waals surface area contributed by atoms with Gasteiger partial charge in [-0.15, -0.1) is 0 Å². The molecule has 0 aliphatic carbocycles. The summed E-state index contributed by atoms with van der Waals surface area (Å²) in [5, 5.41) is 9.02. The highest BCUT2D eigenvalue weighted by atomic mass is 16.5. The maximum Gasteiger partial charge on any atom is 0.251 e. The summed E-state index contributed by atoms with van der Waals surface area (Å²) in [5.74, 6) is 0.430. The van der Waals surface area contributed by atoms with Gasteiger partial charge in [0.05, 0.1) is 13.1 Å². The zero-order valence-electron chi connectivity index (χ0n) is 10.9. The van der Waals surface area contributed by atoms with Crippen molar-refractivity contribution >= 4 is 5.91 Å². The number of nitrogens with zero attached hydrogens (tertiary/aromatic N) is 3. The summed E-state index contributed by atoms with van der Waals surface area (Å²) in [6.45, 7) is 2.91. The third-order valence-electron chi connectivity index (χ3n) is 3.07. The molecular formula is C13H15N3O3. The second-order valence-corrected chi connectivity index (χ2v) is 4.27. The third-order valence-corrected chi connectivity index (χ3v) is 3.07. The molecule has 0 saturated carbocycles. The van der Waals surface area contributed by atoms with Gasteiger partial charge in [0.1, 0.15) is 30.1 Å². The third kappa shape index (κ3) is 2.66. The lowest BCUT2D eigenvalue weighted by Gasteiger charge is -2.22. The number of pyridine rings is 1. The van der Waals surface area contributed by atoms with E-state index in [9.17, 15) is 4.79 Å². The largest absolute Gasteiger partial charge is 0.490 e. The van der Waals surface area contributed by atoms with Crippen molar-refractivity contribution in [3.05, 3.63) is 23.5 Å². The molecule has 1 aromatic rings. The van der Waals surface area contributed by atoms with Crippen LogP contribution in [0.1, 0.15) is 18.1 Å². The van der Waals surface area contributed by atoms with Gasteiger partial charge in [-0.1, -0.05) is 0 Å².